The van der Waals surface area contributed by atoms with Crippen molar-refractivity contribution >= 4 is 0 Å². The average Bonchev–Trinajstić information content (AvgIpc) is 3.07. The first-order valence-electron chi connectivity index (χ1n) is 9.91. The summed E-state index contributed by atoms with van der Waals surface area (Å²) in [4.78, 5) is 7.83. The summed E-state index contributed by atoms with van der Waals surface area (Å²) in [5.41, 5.74) is 2.20. The van der Waals surface area contributed by atoms with Crippen LogP contribution in [0.4, 0.5) is 0 Å². The van der Waals surface area contributed by atoms with Crippen LogP contribution >= 0.6 is 0 Å². The van der Waals surface area contributed by atoms with E-state index in [1.165, 1.54) is 70.8 Å². The summed E-state index contributed by atoms with van der Waals surface area (Å²) < 4.78 is 0. The molecule has 3 nitrogen and oxygen atoms in total. The van der Waals surface area contributed by atoms with E-state index in [0.717, 1.165) is 5.92 Å². The molecule has 3 fully saturated rings. The van der Waals surface area contributed by atoms with Gasteiger partial charge in [-0.25, -0.2) is 0 Å². The maximum absolute atomic E-state index is 2.68. The molecule has 0 aromatic heterocycles. The molecule has 3 saturated heterocycles. The van der Waals surface area contributed by atoms with Crippen molar-refractivity contribution in [3.63, 3.8) is 0 Å². The van der Waals surface area contributed by atoms with Crippen molar-refractivity contribution in [1.82, 2.24) is 14.7 Å². The van der Waals surface area contributed by atoms with Crippen LogP contribution < -0.4 is 0 Å². The lowest BCUT2D eigenvalue weighted by atomic mass is 9.72. The molecule has 1 aromatic carbocycles. The number of nitrogens with zero attached hydrogens (tertiary/aromatic N) is 3. The first-order chi connectivity index (χ1) is 11.7. The van der Waals surface area contributed by atoms with Gasteiger partial charge in [-0.05, 0) is 56.3 Å². The van der Waals surface area contributed by atoms with Gasteiger partial charge in [-0.3, -0.25) is 9.80 Å². The van der Waals surface area contributed by atoms with Gasteiger partial charge in [-0.15, -0.1) is 0 Å². The predicted octanol–water partition coefficient (Wildman–Crippen LogP) is 3.49. The summed E-state index contributed by atoms with van der Waals surface area (Å²) in [6.07, 6.45) is 4.15. The number of rotatable bonds is 3. The third kappa shape index (κ3) is 4.01. The zero-order chi connectivity index (χ0) is 17.0. The molecule has 0 radical (unpaired) electrons. The van der Waals surface area contributed by atoms with Crippen molar-refractivity contribution in [2.75, 3.05) is 53.0 Å². The topological polar surface area (TPSA) is 9.72 Å². The Balaban J connectivity index is 0.000000815. The molecule has 3 aliphatic heterocycles. The first kappa shape index (κ1) is 17.9. The minimum absolute atomic E-state index is 0.672. The molecule has 1 aromatic rings. The highest BCUT2D eigenvalue weighted by Crippen LogP contribution is 2.40. The second-order valence-electron chi connectivity index (χ2n) is 7.91. The summed E-state index contributed by atoms with van der Waals surface area (Å²) in [5.74, 6) is 0.750. The monoisotopic (exact) mass is 329 g/mol. The maximum Gasteiger partial charge on any atom is 0.0506 e. The molecule has 4 rings (SSSR count). The molecular formula is C21H35N3. The summed E-state index contributed by atoms with van der Waals surface area (Å²) in [5, 5.41) is 0. The smallest absolute Gasteiger partial charge is 0.0506 e. The number of benzene rings is 1. The van der Waals surface area contributed by atoms with E-state index < -0.39 is 0 Å². The Morgan fingerprint density at radius 2 is 1.62 bits per heavy atom. The standard InChI is InChI=1S/C19H29N3.C2H6/c1-20-11-8-19(9-12-20)14-22(15-19)16-21-10-7-18(13-21)17-5-3-2-4-6-17;1-2/h2-6,18H,7-16H2,1H3;1-2H3. The summed E-state index contributed by atoms with van der Waals surface area (Å²) in [6, 6.07) is 11.1. The van der Waals surface area contributed by atoms with Gasteiger partial charge in [0.05, 0.1) is 6.67 Å². The van der Waals surface area contributed by atoms with Gasteiger partial charge in [0.1, 0.15) is 0 Å². The van der Waals surface area contributed by atoms with Crippen molar-refractivity contribution in [2.45, 2.75) is 39.0 Å². The summed E-state index contributed by atoms with van der Waals surface area (Å²) in [7, 11) is 2.26. The number of hydrogen-bond acceptors (Lipinski definition) is 3. The van der Waals surface area contributed by atoms with Crippen LogP contribution in [0, 0.1) is 5.41 Å². The molecule has 1 atom stereocenters. The van der Waals surface area contributed by atoms with Gasteiger partial charge < -0.3 is 4.90 Å². The van der Waals surface area contributed by atoms with Crippen LogP contribution in [0.1, 0.15) is 44.6 Å². The van der Waals surface area contributed by atoms with Crippen molar-refractivity contribution in [3.05, 3.63) is 35.9 Å². The number of hydrogen-bond donors (Lipinski definition) is 0. The lowest BCUT2D eigenvalue weighted by molar-refractivity contribution is -0.0647. The van der Waals surface area contributed by atoms with Crippen LogP contribution in [-0.2, 0) is 0 Å². The highest BCUT2D eigenvalue weighted by Gasteiger charge is 2.44. The Hall–Kier alpha value is -0.900. The van der Waals surface area contributed by atoms with Crippen molar-refractivity contribution in [3.8, 4) is 0 Å². The molecule has 3 heteroatoms. The minimum atomic E-state index is 0.672. The zero-order valence-corrected chi connectivity index (χ0v) is 15.9. The second-order valence-corrected chi connectivity index (χ2v) is 7.91. The maximum atomic E-state index is 2.68. The Bertz CT molecular complexity index is 485. The van der Waals surface area contributed by atoms with Crippen LogP contribution in [0.25, 0.3) is 0 Å². The third-order valence-corrected chi connectivity index (χ3v) is 6.11. The van der Waals surface area contributed by atoms with Gasteiger partial charge in [-0.1, -0.05) is 44.2 Å². The van der Waals surface area contributed by atoms with E-state index in [4.69, 9.17) is 0 Å². The van der Waals surface area contributed by atoms with Crippen LogP contribution in [0.5, 0.6) is 0 Å². The normalized spacial score (nSPS) is 27.5. The van der Waals surface area contributed by atoms with Crippen LogP contribution in [0.2, 0.25) is 0 Å². The number of piperidine rings is 1. The Morgan fingerprint density at radius 1 is 0.958 bits per heavy atom. The van der Waals surface area contributed by atoms with E-state index in [2.05, 4.69) is 52.1 Å². The van der Waals surface area contributed by atoms with Crippen LogP contribution in [0.15, 0.2) is 30.3 Å². The van der Waals surface area contributed by atoms with E-state index >= 15 is 0 Å². The highest BCUT2D eigenvalue weighted by atomic mass is 15.4. The fourth-order valence-electron chi connectivity index (χ4n) is 4.65. The molecular weight excluding hydrogens is 294 g/mol. The Morgan fingerprint density at radius 3 is 2.29 bits per heavy atom. The number of likely N-dealkylation sites (tertiary alicyclic amines) is 3. The van der Waals surface area contributed by atoms with Crippen LogP contribution in [0.3, 0.4) is 0 Å². The zero-order valence-electron chi connectivity index (χ0n) is 15.9. The van der Waals surface area contributed by atoms with Gasteiger partial charge >= 0.3 is 0 Å². The van der Waals surface area contributed by atoms with Gasteiger partial charge in [0.25, 0.3) is 0 Å². The molecule has 0 aliphatic carbocycles. The van der Waals surface area contributed by atoms with Gasteiger partial charge in [-0.2, -0.15) is 0 Å². The molecule has 1 spiro atoms. The second kappa shape index (κ2) is 7.99. The fraction of sp³-hybridized carbons (Fsp3) is 0.714. The molecule has 3 heterocycles. The Labute approximate surface area is 148 Å². The van der Waals surface area contributed by atoms with E-state index in [9.17, 15) is 0 Å². The molecule has 1 unspecified atom stereocenters. The minimum Gasteiger partial charge on any atom is -0.306 e. The van der Waals surface area contributed by atoms with E-state index in [1.54, 1.807) is 0 Å². The molecule has 3 aliphatic rings. The lowest BCUT2D eigenvalue weighted by Crippen LogP contribution is -2.61. The van der Waals surface area contributed by atoms with Crippen molar-refractivity contribution in [2.24, 2.45) is 5.41 Å². The summed E-state index contributed by atoms with van der Waals surface area (Å²) >= 11 is 0. The van der Waals surface area contributed by atoms with Crippen molar-refractivity contribution < 1.29 is 0 Å². The first-order valence-corrected chi connectivity index (χ1v) is 9.91. The van der Waals surface area contributed by atoms with Gasteiger partial charge in [0, 0.05) is 26.2 Å². The SMILES string of the molecule is CC.CN1CCC2(CC1)CN(CN1CCC(c3ccccc3)C1)C2. The van der Waals surface area contributed by atoms with Crippen LogP contribution in [-0.4, -0.2) is 67.7 Å². The average molecular weight is 330 g/mol. The largest absolute Gasteiger partial charge is 0.306 e. The van der Waals surface area contributed by atoms with E-state index in [0.29, 0.717) is 5.41 Å². The molecule has 0 amide bonds. The van der Waals surface area contributed by atoms with Crippen molar-refractivity contribution in [1.29, 1.82) is 0 Å². The van der Waals surface area contributed by atoms with Gasteiger partial charge in [0.15, 0.2) is 0 Å². The molecule has 0 N–H and O–H groups in total. The summed E-state index contributed by atoms with van der Waals surface area (Å²) in [6.45, 7) is 13.0. The molecule has 0 bridgehead atoms. The third-order valence-electron chi connectivity index (χ3n) is 6.11. The quantitative estimate of drug-likeness (QED) is 0.840. The fourth-order valence-corrected chi connectivity index (χ4v) is 4.65. The molecule has 134 valence electrons. The predicted molar refractivity (Wildman–Crippen MR) is 102 cm³/mol. The lowest BCUT2D eigenvalue weighted by Gasteiger charge is -2.54. The molecule has 24 heavy (non-hydrogen) atoms. The Kier molecular flexibility index (Phi) is 5.96. The highest BCUT2D eigenvalue weighted by molar-refractivity contribution is 5.21. The van der Waals surface area contributed by atoms with Gasteiger partial charge in [0.2, 0.25) is 0 Å². The molecule has 0 saturated carbocycles. The van der Waals surface area contributed by atoms with E-state index in [-0.39, 0.29) is 0 Å². The van der Waals surface area contributed by atoms with E-state index in [1.807, 2.05) is 13.8 Å².